The molecule has 3 aromatic rings. The van der Waals surface area contributed by atoms with Gasteiger partial charge in [-0.3, -0.25) is 5.10 Å². The second-order valence-electron chi connectivity index (χ2n) is 6.32. The summed E-state index contributed by atoms with van der Waals surface area (Å²) >= 11 is 13.1. The van der Waals surface area contributed by atoms with Crippen LogP contribution in [0.4, 0.5) is 0 Å². The fourth-order valence-corrected chi connectivity index (χ4v) is 3.71. The molecular weight excluding hydrogens is 445 g/mol. The summed E-state index contributed by atoms with van der Waals surface area (Å²) < 4.78 is 5.75. The van der Waals surface area contributed by atoms with Gasteiger partial charge in [-0.15, -0.1) is 5.10 Å². The normalized spacial score (nSPS) is 11.5. The number of thioether (sulfide) groups is 1. The number of carboxylic acids is 1. The molecule has 0 amide bonds. The molecule has 30 heavy (non-hydrogen) atoms. The van der Waals surface area contributed by atoms with Gasteiger partial charge in [-0.2, -0.15) is 0 Å². The number of carbonyl (C=O) groups is 1. The number of aryl methyl sites for hydroxylation is 1. The number of carboxylic acid groups (broad SMARTS) is 1. The minimum Gasteiger partial charge on any atom is -0.489 e. The van der Waals surface area contributed by atoms with E-state index in [2.05, 4.69) is 15.2 Å². The van der Waals surface area contributed by atoms with Gasteiger partial charge in [0.2, 0.25) is 5.16 Å². The predicted molar refractivity (Wildman–Crippen MR) is 119 cm³/mol. The average Bonchev–Trinajstić information content (AvgIpc) is 3.15. The molecule has 0 saturated carbocycles. The predicted octanol–water partition coefficient (Wildman–Crippen LogP) is 5.86. The van der Waals surface area contributed by atoms with Crippen LogP contribution in [0.1, 0.15) is 30.3 Å². The molecular formula is C21H19Cl2N3O3S. The number of aliphatic carboxylic acids is 1. The quantitative estimate of drug-likeness (QED) is 0.305. The van der Waals surface area contributed by atoms with Crippen LogP contribution in [0.2, 0.25) is 10.0 Å². The molecule has 6 nitrogen and oxygen atoms in total. The van der Waals surface area contributed by atoms with Crippen LogP contribution < -0.4 is 4.74 Å². The molecule has 0 spiro atoms. The Kier molecular flexibility index (Phi) is 7.79. The molecule has 2 aromatic carbocycles. The van der Waals surface area contributed by atoms with Crippen molar-refractivity contribution < 1.29 is 14.6 Å². The summed E-state index contributed by atoms with van der Waals surface area (Å²) in [5, 5.41) is 17.9. The summed E-state index contributed by atoms with van der Waals surface area (Å²) in [5.41, 5.74) is 1.55. The van der Waals surface area contributed by atoms with Crippen molar-refractivity contribution in [3.05, 3.63) is 74.4 Å². The molecule has 0 saturated heterocycles. The van der Waals surface area contributed by atoms with Crippen LogP contribution in [0.5, 0.6) is 5.75 Å². The Morgan fingerprint density at radius 1 is 1.23 bits per heavy atom. The van der Waals surface area contributed by atoms with E-state index < -0.39 is 5.97 Å². The van der Waals surface area contributed by atoms with E-state index in [1.807, 2.05) is 13.0 Å². The van der Waals surface area contributed by atoms with E-state index >= 15 is 0 Å². The molecule has 0 atom stereocenters. The highest BCUT2D eigenvalue weighted by Gasteiger charge is 2.13. The number of H-pyrrole nitrogens is 1. The first-order chi connectivity index (χ1) is 14.4. The van der Waals surface area contributed by atoms with Crippen molar-refractivity contribution in [1.82, 2.24) is 15.2 Å². The van der Waals surface area contributed by atoms with Gasteiger partial charge in [-0.05, 0) is 54.1 Å². The van der Waals surface area contributed by atoms with E-state index in [9.17, 15) is 9.90 Å². The molecule has 3 rings (SSSR count). The third-order valence-electron chi connectivity index (χ3n) is 4.00. The highest BCUT2D eigenvalue weighted by molar-refractivity contribution is 8.04. The van der Waals surface area contributed by atoms with Gasteiger partial charge in [0, 0.05) is 22.0 Å². The van der Waals surface area contributed by atoms with Crippen molar-refractivity contribution in [3.8, 4) is 5.75 Å². The molecule has 0 aliphatic rings. The van der Waals surface area contributed by atoms with E-state index in [4.69, 9.17) is 27.9 Å². The van der Waals surface area contributed by atoms with E-state index in [1.165, 1.54) is 0 Å². The third-order valence-corrected chi connectivity index (χ3v) is 5.46. The highest BCUT2D eigenvalue weighted by Crippen LogP contribution is 2.27. The molecule has 0 unspecified atom stereocenters. The van der Waals surface area contributed by atoms with Crippen molar-refractivity contribution in [2.45, 2.75) is 31.5 Å². The number of nitrogens with one attached hydrogen (secondary N) is 1. The Labute approximate surface area is 188 Å². The maximum Gasteiger partial charge on any atom is 0.342 e. The smallest absolute Gasteiger partial charge is 0.342 e. The van der Waals surface area contributed by atoms with Gasteiger partial charge in [-0.25, -0.2) is 9.78 Å². The minimum absolute atomic E-state index is 0.124. The lowest BCUT2D eigenvalue weighted by atomic mass is 10.2. The van der Waals surface area contributed by atoms with Crippen LogP contribution in [0, 0.1) is 0 Å². The number of benzene rings is 2. The van der Waals surface area contributed by atoms with Gasteiger partial charge in [-0.1, -0.05) is 48.3 Å². The van der Waals surface area contributed by atoms with Gasteiger partial charge in [0.1, 0.15) is 23.1 Å². The van der Waals surface area contributed by atoms with Gasteiger partial charge in [0.25, 0.3) is 0 Å². The Morgan fingerprint density at radius 3 is 2.67 bits per heavy atom. The Balaban J connectivity index is 1.66. The average molecular weight is 464 g/mol. The zero-order valence-corrected chi connectivity index (χ0v) is 18.4. The Morgan fingerprint density at radius 2 is 2.00 bits per heavy atom. The first kappa shape index (κ1) is 22.2. The van der Waals surface area contributed by atoms with Crippen molar-refractivity contribution in [2.24, 2.45) is 0 Å². The molecule has 1 heterocycles. The number of hydrogen-bond donors (Lipinski definition) is 2. The summed E-state index contributed by atoms with van der Waals surface area (Å²) in [4.78, 5) is 16.0. The third kappa shape index (κ3) is 6.26. The molecule has 0 fully saturated rings. The van der Waals surface area contributed by atoms with E-state index in [0.717, 1.165) is 41.6 Å². The molecule has 0 aliphatic carbocycles. The highest BCUT2D eigenvalue weighted by atomic mass is 35.5. The van der Waals surface area contributed by atoms with Crippen molar-refractivity contribution in [2.75, 3.05) is 0 Å². The van der Waals surface area contributed by atoms with Gasteiger partial charge >= 0.3 is 5.97 Å². The monoisotopic (exact) mass is 463 g/mol. The topological polar surface area (TPSA) is 88.1 Å². The van der Waals surface area contributed by atoms with Crippen LogP contribution in [-0.4, -0.2) is 26.3 Å². The number of hydrogen-bond acceptors (Lipinski definition) is 5. The first-order valence-electron chi connectivity index (χ1n) is 9.15. The Hall–Kier alpha value is -2.48. The molecule has 9 heteroatoms. The van der Waals surface area contributed by atoms with Crippen LogP contribution in [0.25, 0.3) is 6.08 Å². The van der Waals surface area contributed by atoms with Crippen molar-refractivity contribution in [1.29, 1.82) is 0 Å². The number of ether oxygens (including phenoxy) is 1. The van der Waals surface area contributed by atoms with Crippen molar-refractivity contribution >= 4 is 47.0 Å². The summed E-state index contributed by atoms with van der Waals surface area (Å²) in [5.74, 6) is 0.340. The summed E-state index contributed by atoms with van der Waals surface area (Å²) in [6.45, 7) is 2.34. The van der Waals surface area contributed by atoms with Crippen LogP contribution in [0.3, 0.4) is 0 Å². The molecule has 1 aromatic heterocycles. The second-order valence-corrected chi connectivity index (χ2v) is 8.18. The standard InChI is InChI=1S/C21H19Cl2N3O3S/c1-2-3-19-24-21(26-25-19)30-18(20(27)28)10-13-4-8-16(9-5-13)29-12-14-6-7-15(22)11-17(14)23/h4-11H,2-3,12H2,1H3,(H,27,28)(H,24,25,26)/b18-10-. The van der Waals surface area contributed by atoms with E-state index in [0.29, 0.717) is 27.6 Å². The Bertz CT molecular complexity index is 1050. The van der Waals surface area contributed by atoms with Crippen LogP contribution in [0.15, 0.2) is 52.5 Å². The molecule has 0 bridgehead atoms. The SMILES string of the molecule is CCCc1nc(S/C(=C\c2ccc(OCc3ccc(Cl)cc3Cl)cc2)C(=O)O)n[nH]1. The van der Waals surface area contributed by atoms with Crippen molar-refractivity contribution in [3.63, 3.8) is 0 Å². The zero-order valence-electron chi connectivity index (χ0n) is 16.1. The van der Waals surface area contributed by atoms with E-state index in [-0.39, 0.29) is 4.91 Å². The minimum atomic E-state index is -1.04. The van der Waals surface area contributed by atoms with Gasteiger partial charge < -0.3 is 9.84 Å². The number of aromatic nitrogens is 3. The maximum absolute atomic E-state index is 11.6. The summed E-state index contributed by atoms with van der Waals surface area (Å²) in [6.07, 6.45) is 3.27. The van der Waals surface area contributed by atoms with Gasteiger partial charge in [0.15, 0.2) is 0 Å². The van der Waals surface area contributed by atoms with Crippen LogP contribution in [-0.2, 0) is 17.8 Å². The molecule has 2 N–H and O–H groups in total. The van der Waals surface area contributed by atoms with Crippen LogP contribution >= 0.6 is 35.0 Å². The largest absolute Gasteiger partial charge is 0.489 e. The number of rotatable bonds is 9. The number of halogens is 2. The summed E-state index contributed by atoms with van der Waals surface area (Å²) in [6, 6.07) is 12.3. The van der Waals surface area contributed by atoms with Gasteiger partial charge in [0.05, 0.1) is 0 Å². The number of nitrogens with zero attached hydrogens (tertiary/aromatic N) is 2. The second kappa shape index (κ2) is 10.5. The zero-order chi connectivity index (χ0) is 21.5. The maximum atomic E-state index is 11.6. The molecule has 0 aliphatic heterocycles. The molecule has 156 valence electrons. The molecule has 0 radical (unpaired) electrons. The number of aromatic amines is 1. The lowest BCUT2D eigenvalue weighted by Crippen LogP contribution is -1.98. The fourth-order valence-electron chi connectivity index (χ4n) is 2.52. The lowest BCUT2D eigenvalue weighted by Gasteiger charge is -2.08. The first-order valence-corrected chi connectivity index (χ1v) is 10.7. The fraction of sp³-hybridized carbons (Fsp3) is 0.190. The van der Waals surface area contributed by atoms with E-state index in [1.54, 1.807) is 42.5 Å². The lowest BCUT2D eigenvalue weighted by molar-refractivity contribution is -0.131. The summed E-state index contributed by atoms with van der Waals surface area (Å²) in [7, 11) is 0.